The predicted octanol–water partition coefficient (Wildman–Crippen LogP) is 1.72. The third-order valence-electron chi connectivity index (χ3n) is 1.96. The van der Waals surface area contributed by atoms with E-state index in [-0.39, 0.29) is 0 Å². The molecule has 0 bridgehead atoms. The molecule has 0 spiro atoms. The van der Waals surface area contributed by atoms with Crippen molar-refractivity contribution in [1.82, 2.24) is 5.32 Å². The van der Waals surface area contributed by atoms with Crippen LogP contribution in [-0.4, -0.2) is 7.05 Å². The summed E-state index contributed by atoms with van der Waals surface area (Å²) in [6.45, 7) is 2.03. The van der Waals surface area contributed by atoms with Crippen molar-refractivity contribution in [2.45, 2.75) is 19.8 Å². The Morgan fingerprint density at radius 3 is 2.73 bits per heavy atom. The summed E-state index contributed by atoms with van der Waals surface area (Å²) in [6.07, 6.45) is 3.81. The maximum atomic E-state index is 8.61. The average molecular weight is 148 g/mol. The van der Waals surface area contributed by atoms with Crippen LogP contribution >= 0.6 is 0 Å². The molecule has 0 radical (unpaired) electrons. The lowest BCUT2D eigenvalue weighted by Crippen LogP contribution is -2.10. The largest absolute Gasteiger partial charge is 0.391 e. The van der Waals surface area contributed by atoms with Crippen LogP contribution in [0, 0.1) is 11.3 Å². The highest BCUT2D eigenvalue weighted by Crippen LogP contribution is 2.20. The van der Waals surface area contributed by atoms with E-state index in [9.17, 15) is 0 Å². The van der Waals surface area contributed by atoms with E-state index in [0.717, 1.165) is 18.4 Å². The quantitative estimate of drug-likeness (QED) is 0.614. The summed E-state index contributed by atoms with van der Waals surface area (Å²) < 4.78 is 0. The molecule has 0 amide bonds. The number of nitrogens with one attached hydrogen (secondary N) is 1. The normalized spacial score (nSPS) is 17.4. The number of hydrogen-bond donors (Lipinski definition) is 1. The van der Waals surface area contributed by atoms with Gasteiger partial charge in [0.2, 0.25) is 0 Å². The molecule has 0 aromatic rings. The van der Waals surface area contributed by atoms with Crippen LogP contribution in [0.5, 0.6) is 0 Å². The lowest BCUT2D eigenvalue weighted by molar-refractivity contribution is 0.809. The molecule has 0 aromatic carbocycles. The van der Waals surface area contributed by atoms with Crippen molar-refractivity contribution < 1.29 is 0 Å². The number of rotatable bonds is 1. The third kappa shape index (κ3) is 1.62. The molecule has 1 aliphatic rings. The summed E-state index contributed by atoms with van der Waals surface area (Å²) in [4.78, 5) is 0. The zero-order valence-corrected chi connectivity index (χ0v) is 6.94. The number of allylic oxidation sites excluding steroid dienone is 4. The van der Waals surface area contributed by atoms with Crippen LogP contribution in [0.25, 0.3) is 0 Å². The van der Waals surface area contributed by atoms with Gasteiger partial charge in [-0.1, -0.05) is 0 Å². The first-order chi connectivity index (χ1) is 5.27. The van der Waals surface area contributed by atoms with Crippen LogP contribution in [0.2, 0.25) is 0 Å². The predicted molar refractivity (Wildman–Crippen MR) is 44.7 cm³/mol. The van der Waals surface area contributed by atoms with Crippen molar-refractivity contribution in [2.24, 2.45) is 0 Å². The van der Waals surface area contributed by atoms with Crippen molar-refractivity contribution in [2.75, 3.05) is 7.05 Å². The smallest absolute Gasteiger partial charge is 0.0947 e. The molecule has 2 heteroatoms. The molecule has 0 heterocycles. The van der Waals surface area contributed by atoms with Crippen LogP contribution in [0.4, 0.5) is 0 Å². The molecule has 0 fully saturated rings. The van der Waals surface area contributed by atoms with Gasteiger partial charge in [-0.05, 0) is 31.4 Å². The molecule has 0 aliphatic heterocycles. The third-order valence-corrected chi connectivity index (χ3v) is 1.96. The first-order valence-corrected chi connectivity index (χ1v) is 3.76. The molecule has 11 heavy (non-hydrogen) atoms. The summed E-state index contributed by atoms with van der Waals surface area (Å²) in [5, 5.41) is 11.7. The standard InChI is InChI=1S/C9H12N2/c1-7-5-8(6-10)3-4-9(7)11-2/h5,11H,3-4H2,1-2H3. The fourth-order valence-corrected chi connectivity index (χ4v) is 1.29. The van der Waals surface area contributed by atoms with Crippen LogP contribution in [-0.2, 0) is 0 Å². The van der Waals surface area contributed by atoms with E-state index in [1.807, 2.05) is 20.0 Å². The Balaban J connectivity index is 2.87. The summed E-state index contributed by atoms with van der Waals surface area (Å²) in [6, 6.07) is 2.18. The molecule has 0 aromatic heterocycles. The molecule has 1 rings (SSSR count). The van der Waals surface area contributed by atoms with Gasteiger partial charge in [0.1, 0.15) is 0 Å². The Hall–Kier alpha value is -1.23. The summed E-state index contributed by atoms with van der Waals surface area (Å²) in [5.74, 6) is 0. The minimum atomic E-state index is 0.879. The van der Waals surface area contributed by atoms with Crippen LogP contribution in [0.3, 0.4) is 0 Å². The zero-order valence-electron chi connectivity index (χ0n) is 6.94. The lowest BCUT2D eigenvalue weighted by Gasteiger charge is -2.13. The Kier molecular flexibility index (Phi) is 2.32. The Bertz CT molecular complexity index is 253. The fourth-order valence-electron chi connectivity index (χ4n) is 1.29. The molecule has 1 aliphatic carbocycles. The summed E-state index contributed by atoms with van der Waals surface area (Å²) in [5.41, 5.74) is 3.33. The minimum absolute atomic E-state index is 0.879. The lowest BCUT2D eigenvalue weighted by atomic mass is 9.98. The Labute approximate surface area is 67.2 Å². The minimum Gasteiger partial charge on any atom is -0.391 e. The van der Waals surface area contributed by atoms with Crippen LogP contribution in [0.1, 0.15) is 19.8 Å². The first-order valence-electron chi connectivity index (χ1n) is 3.76. The maximum Gasteiger partial charge on any atom is 0.0947 e. The first kappa shape index (κ1) is 7.87. The molecule has 58 valence electrons. The van der Waals surface area contributed by atoms with Crippen molar-refractivity contribution in [1.29, 1.82) is 5.26 Å². The van der Waals surface area contributed by atoms with Gasteiger partial charge in [-0.15, -0.1) is 0 Å². The SMILES string of the molecule is CNC1=C(C)C=C(C#N)CC1. The van der Waals surface area contributed by atoms with E-state index < -0.39 is 0 Å². The molecular weight excluding hydrogens is 136 g/mol. The van der Waals surface area contributed by atoms with Crippen molar-refractivity contribution in [3.63, 3.8) is 0 Å². The molecule has 0 saturated carbocycles. The second kappa shape index (κ2) is 3.25. The number of nitriles is 1. The van der Waals surface area contributed by atoms with Gasteiger partial charge in [-0.3, -0.25) is 0 Å². The van der Waals surface area contributed by atoms with Crippen molar-refractivity contribution in [3.8, 4) is 6.07 Å². The van der Waals surface area contributed by atoms with Crippen molar-refractivity contribution in [3.05, 3.63) is 22.9 Å². The molecular formula is C9H12N2. The van der Waals surface area contributed by atoms with E-state index in [1.165, 1.54) is 11.3 Å². The molecule has 2 nitrogen and oxygen atoms in total. The molecule has 0 unspecified atom stereocenters. The summed E-state index contributed by atoms with van der Waals surface area (Å²) >= 11 is 0. The second-order valence-electron chi connectivity index (χ2n) is 2.69. The highest BCUT2D eigenvalue weighted by Gasteiger charge is 2.07. The monoisotopic (exact) mass is 148 g/mol. The van der Waals surface area contributed by atoms with Crippen molar-refractivity contribution >= 4 is 0 Å². The van der Waals surface area contributed by atoms with Crippen LogP contribution in [0.15, 0.2) is 22.9 Å². The van der Waals surface area contributed by atoms with Crippen LogP contribution < -0.4 is 5.32 Å². The zero-order chi connectivity index (χ0) is 8.27. The van der Waals surface area contributed by atoms with E-state index in [4.69, 9.17) is 5.26 Å². The summed E-state index contributed by atoms with van der Waals surface area (Å²) in [7, 11) is 1.92. The van der Waals surface area contributed by atoms with Gasteiger partial charge in [0.05, 0.1) is 6.07 Å². The van der Waals surface area contributed by atoms with E-state index >= 15 is 0 Å². The highest BCUT2D eigenvalue weighted by atomic mass is 14.8. The topological polar surface area (TPSA) is 35.8 Å². The van der Waals surface area contributed by atoms with Gasteiger partial charge in [0.25, 0.3) is 0 Å². The van der Waals surface area contributed by atoms with E-state index in [2.05, 4.69) is 11.4 Å². The number of nitrogens with zero attached hydrogens (tertiary/aromatic N) is 1. The Morgan fingerprint density at radius 1 is 1.55 bits per heavy atom. The van der Waals surface area contributed by atoms with Gasteiger partial charge < -0.3 is 5.32 Å². The maximum absolute atomic E-state index is 8.61. The van der Waals surface area contributed by atoms with Gasteiger partial charge in [0, 0.05) is 18.3 Å². The molecule has 1 N–H and O–H groups in total. The fraction of sp³-hybridized carbons (Fsp3) is 0.444. The van der Waals surface area contributed by atoms with Gasteiger partial charge in [-0.2, -0.15) is 5.26 Å². The average Bonchev–Trinajstić information content (AvgIpc) is 2.04. The van der Waals surface area contributed by atoms with E-state index in [1.54, 1.807) is 0 Å². The highest BCUT2D eigenvalue weighted by molar-refractivity contribution is 5.37. The molecule has 0 saturated heterocycles. The second-order valence-corrected chi connectivity index (χ2v) is 2.69. The van der Waals surface area contributed by atoms with E-state index in [0.29, 0.717) is 0 Å². The Morgan fingerprint density at radius 2 is 2.27 bits per heavy atom. The number of hydrogen-bond acceptors (Lipinski definition) is 2. The van der Waals surface area contributed by atoms with Gasteiger partial charge >= 0.3 is 0 Å². The molecule has 0 atom stereocenters. The van der Waals surface area contributed by atoms with Gasteiger partial charge in [-0.25, -0.2) is 0 Å². The van der Waals surface area contributed by atoms with Gasteiger partial charge in [0.15, 0.2) is 0 Å².